The third-order valence-electron chi connectivity index (χ3n) is 2.60. The number of ether oxygens (including phenoxy) is 2. The van der Waals surface area contributed by atoms with Gasteiger partial charge >= 0.3 is 19.1 Å². The van der Waals surface area contributed by atoms with E-state index in [9.17, 15) is 9.59 Å². The molecule has 118 valence electrons. The summed E-state index contributed by atoms with van der Waals surface area (Å²) >= 11 is 0. The zero-order valence-corrected chi connectivity index (χ0v) is 13.2. The van der Waals surface area contributed by atoms with Crippen molar-refractivity contribution < 1.29 is 28.4 Å². The van der Waals surface area contributed by atoms with Gasteiger partial charge in [-0.05, 0) is 34.6 Å². The van der Waals surface area contributed by atoms with Gasteiger partial charge in [0.15, 0.2) is 12.2 Å². The molecule has 1 aliphatic rings. The summed E-state index contributed by atoms with van der Waals surface area (Å²) in [4.78, 5) is 24.0. The molecular weight excluding hydrogens is 275 g/mol. The van der Waals surface area contributed by atoms with Crippen LogP contribution < -0.4 is 0 Å². The number of hydrogen-bond donors (Lipinski definition) is 0. The van der Waals surface area contributed by atoms with E-state index < -0.39 is 31.3 Å². The van der Waals surface area contributed by atoms with Gasteiger partial charge in [-0.2, -0.15) is 0 Å². The van der Waals surface area contributed by atoms with Gasteiger partial charge in [0.2, 0.25) is 0 Å². The minimum atomic E-state index is -1.09. The lowest BCUT2D eigenvalue weighted by Crippen LogP contribution is -2.40. The minimum absolute atomic E-state index is 0.294. The molecule has 21 heavy (non-hydrogen) atoms. The predicted octanol–water partition coefficient (Wildman–Crippen LogP) is 1.74. The van der Waals surface area contributed by atoms with Crippen LogP contribution in [-0.4, -0.2) is 43.5 Å². The van der Waals surface area contributed by atoms with Gasteiger partial charge in [0.05, 0.1) is 12.2 Å². The zero-order chi connectivity index (χ0) is 16.0. The molecule has 0 spiro atoms. The molecule has 0 aromatic rings. The van der Waals surface area contributed by atoms with Crippen molar-refractivity contribution in [2.24, 2.45) is 0 Å². The van der Waals surface area contributed by atoms with Gasteiger partial charge in [0, 0.05) is 6.32 Å². The molecule has 6 nitrogen and oxygen atoms in total. The molecule has 1 heterocycles. The fraction of sp³-hybridized carbons (Fsp3) is 0.714. The van der Waals surface area contributed by atoms with Gasteiger partial charge in [0.1, 0.15) is 0 Å². The van der Waals surface area contributed by atoms with Gasteiger partial charge < -0.3 is 18.8 Å². The van der Waals surface area contributed by atoms with Crippen molar-refractivity contribution in [1.29, 1.82) is 0 Å². The first-order valence-corrected chi connectivity index (χ1v) is 7.18. The van der Waals surface area contributed by atoms with Gasteiger partial charge in [-0.3, -0.25) is 0 Å². The highest BCUT2D eigenvalue weighted by molar-refractivity contribution is 6.46. The maximum Gasteiger partial charge on any atom is 0.462 e. The first-order valence-electron chi connectivity index (χ1n) is 7.18. The second-order valence-electron chi connectivity index (χ2n) is 5.32. The Morgan fingerprint density at radius 2 is 1.48 bits per heavy atom. The highest BCUT2D eigenvalue weighted by Gasteiger charge is 2.48. The first kappa shape index (κ1) is 17.7. The Labute approximate surface area is 125 Å². The topological polar surface area (TPSA) is 71.1 Å². The monoisotopic (exact) mass is 298 g/mol. The fourth-order valence-electron chi connectivity index (χ4n) is 1.82. The van der Waals surface area contributed by atoms with Crippen LogP contribution in [0, 0.1) is 0 Å². The van der Waals surface area contributed by atoms with E-state index in [1.165, 1.54) is 0 Å². The molecule has 0 N–H and O–H groups in total. The van der Waals surface area contributed by atoms with Crippen LogP contribution in [0.25, 0.3) is 0 Å². The molecule has 0 saturated carbocycles. The number of esters is 2. The van der Waals surface area contributed by atoms with E-state index in [-0.39, 0.29) is 12.2 Å². The molecule has 1 rings (SSSR count). The van der Waals surface area contributed by atoms with Gasteiger partial charge in [-0.1, -0.05) is 12.2 Å². The van der Waals surface area contributed by atoms with Crippen molar-refractivity contribution in [3.8, 4) is 0 Å². The van der Waals surface area contributed by atoms with Crippen LogP contribution in [0.5, 0.6) is 0 Å². The Kier molecular flexibility index (Phi) is 6.91. The smallest absolute Gasteiger partial charge is 0.461 e. The molecule has 0 radical (unpaired) electrons. The van der Waals surface area contributed by atoms with E-state index in [1.54, 1.807) is 27.7 Å². The Morgan fingerprint density at radius 3 is 1.81 bits per heavy atom. The quantitative estimate of drug-likeness (QED) is 0.422. The Balaban J connectivity index is 2.78. The molecule has 0 unspecified atom stereocenters. The normalized spacial score (nSPS) is 22.3. The Morgan fingerprint density at radius 1 is 1.05 bits per heavy atom. The Bertz CT molecular complexity index is 363. The number of rotatable bonds is 6. The molecule has 1 aliphatic heterocycles. The van der Waals surface area contributed by atoms with E-state index >= 15 is 0 Å². The third-order valence-corrected chi connectivity index (χ3v) is 2.60. The number of allylic oxidation sites excluding steroid dienone is 2. The van der Waals surface area contributed by atoms with Crippen molar-refractivity contribution in [1.82, 2.24) is 0 Å². The van der Waals surface area contributed by atoms with Crippen LogP contribution in [0.2, 0.25) is 6.32 Å². The van der Waals surface area contributed by atoms with Crippen molar-refractivity contribution in [3.63, 3.8) is 0 Å². The lowest BCUT2D eigenvalue weighted by molar-refractivity contribution is -0.167. The van der Waals surface area contributed by atoms with Crippen LogP contribution in [0.1, 0.15) is 34.6 Å². The molecule has 7 heteroatoms. The molecule has 0 aromatic carbocycles. The molecule has 1 saturated heterocycles. The molecule has 0 amide bonds. The van der Waals surface area contributed by atoms with E-state index in [2.05, 4.69) is 0 Å². The van der Waals surface area contributed by atoms with E-state index in [1.807, 2.05) is 19.1 Å². The standard InChI is InChI=1S/C14H23BO6/c1-6-7-8-15-20-11(13(16)18-9(2)3)12(21-15)14(17)19-10(4)5/h6-7,9-12H,8H2,1-5H3/b7-6-/t11-,12-/m0/s1. The molecule has 0 aliphatic carbocycles. The summed E-state index contributed by atoms with van der Waals surface area (Å²) in [6.07, 6.45) is 1.37. The van der Waals surface area contributed by atoms with Crippen molar-refractivity contribution >= 4 is 19.1 Å². The number of carbonyl (C=O) groups is 2. The first-order chi connectivity index (χ1) is 9.85. The van der Waals surface area contributed by atoms with Gasteiger partial charge in [0.25, 0.3) is 0 Å². The Hall–Kier alpha value is -1.34. The molecule has 0 bridgehead atoms. The summed E-state index contributed by atoms with van der Waals surface area (Å²) in [6, 6.07) is 0. The summed E-state index contributed by atoms with van der Waals surface area (Å²) < 4.78 is 21.2. The minimum Gasteiger partial charge on any atom is -0.461 e. The predicted molar refractivity (Wildman–Crippen MR) is 77.6 cm³/mol. The van der Waals surface area contributed by atoms with Crippen LogP contribution in [0.4, 0.5) is 0 Å². The SMILES string of the molecule is C/C=C\CB1O[C@H](C(=O)OC(C)C)[C@@H](C(=O)OC(C)C)O1. The number of hydrogen-bond acceptors (Lipinski definition) is 6. The summed E-state index contributed by atoms with van der Waals surface area (Å²) in [6.45, 7) is 8.78. The largest absolute Gasteiger partial charge is 0.462 e. The van der Waals surface area contributed by atoms with Crippen LogP contribution in [-0.2, 0) is 28.4 Å². The van der Waals surface area contributed by atoms with Crippen molar-refractivity contribution in [2.75, 3.05) is 0 Å². The van der Waals surface area contributed by atoms with Crippen molar-refractivity contribution in [3.05, 3.63) is 12.2 Å². The van der Waals surface area contributed by atoms with Crippen molar-refractivity contribution in [2.45, 2.75) is 65.4 Å². The maximum absolute atomic E-state index is 12.0. The van der Waals surface area contributed by atoms with E-state index in [4.69, 9.17) is 18.8 Å². The van der Waals surface area contributed by atoms with Gasteiger partial charge in [-0.25, -0.2) is 9.59 Å². The molecule has 0 aromatic heterocycles. The lowest BCUT2D eigenvalue weighted by Gasteiger charge is -2.18. The highest BCUT2D eigenvalue weighted by Crippen LogP contribution is 2.23. The van der Waals surface area contributed by atoms with Gasteiger partial charge in [-0.15, -0.1) is 0 Å². The highest BCUT2D eigenvalue weighted by atomic mass is 16.7. The molecule has 1 fully saturated rings. The summed E-state index contributed by atoms with van der Waals surface area (Å²) in [5, 5.41) is 0. The fourth-order valence-corrected chi connectivity index (χ4v) is 1.82. The van der Waals surface area contributed by atoms with E-state index in [0.29, 0.717) is 6.32 Å². The molecular formula is C14H23BO6. The van der Waals surface area contributed by atoms with Crippen LogP contribution >= 0.6 is 0 Å². The lowest BCUT2D eigenvalue weighted by atomic mass is 9.85. The summed E-state index contributed by atoms with van der Waals surface area (Å²) in [5.41, 5.74) is 0. The van der Waals surface area contributed by atoms with Crippen LogP contribution in [0.15, 0.2) is 12.2 Å². The third kappa shape index (κ3) is 5.51. The number of carbonyl (C=O) groups excluding carboxylic acids is 2. The average molecular weight is 298 g/mol. The molecule has 2 atom stereocenters. The second kappa shape index (κ2) is 8.19. The van der Waals surface area contributed by atoms with E-state index in [0.717, 1.165) is 0 Å². The zero-order valence-electron chi connectivity index (χ0n) is 13.2. The maximum atomic E-state index is 12.0. The average Bonchev–Trinajstić information content (AvgIpc) is 2.79. The second-order valence-corrected chi connectivity index (χ2v) is 5.32. The summed E-state index contributed by atoms with van der Waals surface area (Å²) in [7, 11) is -0.657. The van der Waals surface area contributed by atoms with Crippen LogP contribution in [0.3, 0.4) is 0 Å². The summed E-state index contributed by atoms with van der Waals surface area (Å²) in [5.74, 6) is -1.22.